The second-order valence-electron chi connectivity index (χ2n) is 9.77. The van der Waals surface area contributed by atoms with Crippen molar-refractivity contribution >= 4 is 11.6 Å². The van der Waals surface area contributed by atoms with Crippen LogP contribution in [-0.2, 0) is 11.0 Å². The highest BCUT2D eigenvalue weighted by Crippen LogP contribution is 2.44. The minimum absolute atomic E-state index is 0.374. The first-order valence-electron chi connectivity index (χ1n) is 12.2. The summed E-state index contributed by atoms with van der Waals surface area (Å²) < 4.78 is 0. The lowest BCUT2D eigenvalue weighted by molar-refractivity contribution is -0.0264. The highest BCUT2D eigenvalue weighted by atomic mass is 35.5. The van der Waals surface area contributed by atoms with Crippen LogP contribution in [0.3, 0.4) is 0 Å². The second kappa shape index (κ2) is 10.4. The van der Waals surface area contributed by atoms with Gasteiger partial charge >= 0.3 is 0 Å². The lowest BCUT2D eigenvalue weighted by Crippen LogP contribution is -2.43. The molecule has 3 nitrogen and oxygen atoms in total. The third-order valence-electron chi connectivity index (χ3n) is 7.90. The summed E-state index contributed by atoms with van der Waals surface area (Å²) in [5.74, 6) is 0.458. The smallest absolute Gasteiger partial charge is 0.0920 e. The van der Waals surface area contributed by atoms with Gasteiger partial charge in [-0.15, -0.1) is 0 Å². The van der Waals surface area contributed by atoms with Crippen molar-refractivity contribution in [2.24, 2.45) is 5.92 Å². The molecular formula is C28H35ClN2O. The number of benzene rings is 2. The van der Waals surface area contributed by atoms with Crippen molar-refractivity contribution < 1.29 is 5.11 Å². The van der Waals surface area contributed by atoms with E-state index in [0.717, 1.165) is 50.9 Å². The second-order valence-corrected chi connectivity index (χ2v) is 10.2. The maximum atomic E-state index is 11.2. The largest absolute Gasteiger partial charge is 0.385 e. The molecule has 32 heavy (non-hydrogen) atoms. The Morgan fingerprint density at radius 1 is 1.00 bits per heavy atom. The minimum Gasteiger partial charge on any atom is -0.385 e. The van der Waals surface area contributed by atoms with Crippen LogP contribution in [0, 0.1) is 17.2 Å². The molecule has 1 saturated carbocycles. The first-order chi connectivity index (χ1) is 15.6. The Kier molecular flexibility index (Phi) is 7.56. The highest BCUT2D eigenvalue weighted by Gasteiger charge is 2.41. The van der Waals surface area contributed by atoms with Crippen LogP contribution in [0.5, 0.6) is 0 Å². The van der Waals surface area contributed by atoms with Gasteiger partial charge in [0.25, 0.3) is 0 Å². The zero-order chi connectivity index (χ0) is 22.4. The van der Waals surface area contributed by atoms with Gasteiger partial charge in [0.2, 0.25) is 0 Å². The first-order valence-corrected chi connectivity index (χ1v) is 12.6. The summed E-state index contributed by atoms with van der Waals surface area (Å²) in [4.78, 5) is 2.46. The molecule has 1 aliphatic carbocycles. The number of nitrogens with zero attached hydrogens (tertiary/aromatic N) is 2. The van der Waals surface area contributed by atoms with E-state index in [4.69, 9.17) is 11.6 Å². The van der Waals surface area contributed by atoms with Gasteiger partial charge in [-0.05, 0) is 74.2 Å². The van der Waals surface area contributed by atoms with Crippen LogP contribution in [0.15, 0.2) is 54.6 Å². The van der Waals surface area contributed by atoms with Crippen molar-refractivity contribution in [1.82, 2.24) is 4.90 Å². The molecule has 4 rings (SSSR count). The van der Waals surface area contributed by atoms with Gasteiger partial charge < -0.3 is 10.0 Å². The molecule has 1 saturated heterocycles. The Labute approximate surface area is 198 Å². The molecule has 170 valence electrons. The summed E-state index contributed by atoms with van der Waals surface area (Å²) in [6.07, 6.45) is 9.53. The Morgan fingerprint density at radius 3 is 2.28 bits per heavy atom. The molecule has 2 aliphatic rings. The van der Waals surface area contributed by atoms with Gasteiger partial charge in [-0.1, -0.05) is 73.3 Å². The van der Waals surface area contributed by atoms with E-state index in [2.05, 4.69) is 35.2 Å². The predicted octanol–water partition coefficient (Wildman–Crippen LogP) is 6.45. The average Bonchev–Trinajstić information content (AvgIpc) is 2.85. The molecule has 0 amide bonds. The number of likely N-dealkylation sites (tertiary alicyclic amines) is 1. The number of aliphatic hydroxyl groups is 1. The van der Waals surface area contributed by atoms with Crippen LogP contribution in [0.1, 0.15) is 68.9 Å². The number of piperidine rings is 1. The molecule has 2 fully saturated rings. The third kappa shape index (κ3) is 5.04. The molecule has 0 spiro atoms. The molecule has 1 unspecified atom stereocenters. The fourth-order valence-corrected chi connectivity index (χ4v) is 6.03. The van der Waals surface area contributed by atoms with E-state index in [1.165, 1.54) is 37.7 Å². The lowest BCUT2D eigenvalue weighted by Gasteiger charge is -2.40. The SMILES string of the molecule is N#CC(CCCN1CCC(O)(c2ccc(Cl)cc2)CC1)(c1ccccc1)C1CCCCC1. The molecule has 1 heterocycles. The number of nitriles is 1. The van der Waals surface area contributed by atoms with E-state index >= 15 is 0 Å². The summed E-state index contributed by atoms with van der Waals surface area (Å²) in [5, 5.41) is 22.3. The van der Waals surface area contributed by atoms with E-state index in [1.54, 1.807) is 0 Å². The van der Waals surface area contributed by atoms with Gasteiger partial charge in [-0.2, -0.15) is 5.26 Å². The van der Waals surface area contributed by atoms with Gasteiger partial charge in [0, 0.05) is 18.1 Å². The van der Waals surface area contributed by atoms with Crippen LogP contribution in [-0.4, -0.2) is 29.6 Å². The Hall–Kier alpha value is -1.86. The average molecular weight is 451 g/mol. The van der Waals surface area contributed by atoms with Gasteiger partial charge in [-0.25, -0.2) is 0 Å². The zero-order valence-corrected chi connectivity index (χ0v) is 19.7. The lowest BCUT2D eigenvalue weighted by atomic mass is 9.63. The molecule has 0 radical (unpaired) electrons. The molecule has 0 bridgehead atoms. The quantitative estimate of drug-likeness (QED) is 0.527. The fourth-order valence-electron chi connectivity index (χ4n) is 5.90. The number of hydrogen-bond donors (Lipinski definition) is 1. The first kappa shape index (κ1) is 23.3. The Balaban J connectivity index is 1.37. The van der Waals surface area contributed by atoms with Crippen molar-refractivity contribution in [1.29, 1.82) is 5.26 Å². The van der Waals surface area contributed by atoms with Gasteiger partial charge in [0.1, 0.15) is 0 Å². The number of rotatable bonds is 7. The molecule has 0 aromatic heterocycles. The van der Waals surface area contributed by atoms with E-state index in [1.807, 2.05) is 30.3 Å². The van der Waals surface area contributed by atoms with Crippen LogP contribution >= 0.6 is 11.6 Å². The van der Waals surface area contributed by atoms with Crippen molar-refractivity contribution in [3.63, 3.8) is 0 Å². The minimum atomic E-state index is -0.760. The summed E-state index contributed by atoms with van der Waals surface area (Å²) in [6, 6.07) is 20.9. The Bertz CT molecular complexity index is 893. The van der Waals surface area contributed by atoms with Crippen LogP contribution in [0.4, 0.5) is 0 Å². The molecule has 1 N–H and O–H groups in total. The summed E-state index contributed by atoms with van der Waals surface area (Å²) in [6.45, 7) is 2.75. The van der Waals surface area contributed by atoms with E-state index in [9.17, 15) is 10.4 Å². The van der Waals surface area contributed by atoms with Gasteiger partial charge in [-0.3, -0.25) is 0 Å². The molecule has 1 atom stereocenters. The van der Waals surface area contributed by atoms with Crippen molar-refractivity contribution in [2.45, 2.75) is 68.8 Å². The standard InChI is InChI=1S/C28H35ClN2O/c29-26-14-12-25(13-15-26)28(32)17-20-31(21-18-28)19-7-16-27(22-30,23-8-3-1-4-9-23)24-10-5-2-6-11-24/h1,3-4,8-9,12-15,24,32H,2,5-7,10-11,16-21H2. The van der Waals surface area contributed by atoms with Crippen molar-refractivity contribution in [2.75, 3.05) is 19.6 Å². The molecule has 2 aromatic rings. The van der Waals surface area contributed by atoms with Gasteiger partial charge in [0.05, 0.1) is 17.1 Å². The summed E-state index contributed by atoms with van der Waals surface area (Å²) >= 11 is 6.01. The molecule has 1 aliphatic heterocycles. The molecule has 2 aromatic carbocycles. The van der Waals surface area contributed by atoms with E-state index in [-0.39, 0.29) is 5.41 Å². The van der Waals surface area contributed by atoms with E-state index < -0.39 is 5.60 Å². The molecule has 4 heteroatoms. The zero-order valence-electron chi connectivity index (χ0n) is 19.0. The Morgan fingerprint density at radius 2 is 1.66 bits per heavy atom. The highest BCUT2D eigenvalue weighted by molar-refractivity contribution is 6.30. The maximum Gasteiger partial charge on any atom is 0.0920 e. The predicted molar refractivity (Wildman–Crippen MR) is 131 cm³/mol. The third-order valence-corrected chi connectivity index (χ3v) is 8.15. The molecular weight excluding hydrogens is 416 g/mol. The van der Waals surface area contributed by atoms with Crippen LogP contribution < -0.4 is 0 Å². The topological polar surface area (TPSA) is 47.3 Å². The monoisotopic (exact) mass is 450 g/mol. The van der Waals surface area contributed by atoms with Crippen LogP contribution in [0.25, 0.3) is 0 Å². The summed E-state index contributed by atoms with van der Waals surface area (Å²) in [7, 11) is 0. The van der Waals surface area contributed by atoms with Gasteiger partial charge in [0.15, 0.2) is 0 Å². The maximum absolute atomic E-state index is 11.2. The van der Waals surface area contributed by atoms with Crippen LogP contribution in [0.2, 0.25) is 5.02 Å². The fraction of sp³-hybridized carbons (Fsp3) is 0.536. The number of halogens is 1. The number of hydrogen-bond acceptors (Lipinski definition) is 3. The van der Waals surface area contributed by atoms with Crippen molar-refractivity contribution in [3.05, 3.63) is 70.7 Å². The van der Waals surface area contributed by atoms with E-state index in [0.29, 0.717) is 10.9 Å². The summed E-state index contributed by atoms with van der Waals surface area (Å²) in [5.41, 5.74) is 1.03. The van der Waals surface area contributed by atoms with Crippen molar-refractivity contribution in [3.8, 4) is 6.07 Å². The normalized spacial score (nSPS) is 21.5.